The van der Waals surface area contributed by atoms with Crippen LogP contribution in [-0.2, 0) is 14.3 Å². The monoisotopic (exact) mass is 359 g/mol. The molecule has 2 fully saturated rings. The number of amides is 2. The summed E-state index contributed by atoms with van der Waals surface area (Å²) in [6.07, 6.45) is 7.33. The number of likely N-dealkylation sites (tertiary alicyclic amines) is 1. The molecule has 2 heterocycles. The number of hydrogen-bond donors (Lipinski definition) is 1. The van der Waals surface area contributed by atoms with Crippen LogP contribution in [-0.4, -0.2) is 55.0 Å². The second-order valence-corrected chi connectivity index (χ2v) is 7.46. The topological polar surface area (TPSA) is 71.5 Å². The number of pyridine rings is 1. The lowest BCUT2D eigenvalue weighted by Crippen LogP contribution is -2.31. The van der Waals surface area contributed by atoms with Gasteiger partial charge in [0.1, 0.15) is 6.61 Å². The Labute approximate surface area is 155 Å². The Hall–Kier alpha value is -1.95. The molecular formula is C20H29N3O3. The lowest BCUT2D eigenvalue weighted by atomic mass is 9.93. The van der Waals surface area contributed by atoms with Crippen LogP contribution in [0.3, 0.4) is 0 Å². The first-order chi connectivity index (χ1) is 12.7. The fourth-order valence-electron chi connectivity index (χ4n) is 4.14. The molecule has 1 aromatic rings. The van der Waals surface area contributed by atoms with Crippen molar-refractivity contribution in [2.45, 2.75) is 38.0 Å². The average Bonchev–Trinajstić information content (AvgIpc) is 3.32. The molecule has 142 valence electrons. The van der Waals surface area contributed by atoms with Crippen molar-refractivity contribution in [3.8, 4) is 0 Å². The summed E-state index contributed by atoms with van der Waals surface area (Å²) in [5.41, 5.74) is 0.997. The normalized spacial score (nSPS) is 23.3. The Balaban J connectivity index is 1.62. The minimum Gasteiger partial charge on any atom is -0.371 e. The second-order valence-electron chi connectivity index (χ2n) is 7.46. The molecule has 2 unspecified atom stereocenters. The Bertz CT molecular complexity index is 602. The number of carbonyl (C=O) groups excluding carboxylic acids is 2. The van der Waals surface area contributed by atoms with Gasteiger partial charge >= 0.3 is 0 Å². The van der Waals surface area contributed by atoms with Crippen molar-refractivity contribution < 1.29 is 14.3 Å². The van der Waals surface area contributed by atoms with E-state index in [9.17, 15) is 9.59 Å². The van der Waals surface area contributed by atoms with E-state index in [1.54, 1.807) is 13.2 Å². The fourth-order valence-corrected chi connectivity index (χ4v) is 4.14. The molecule has 1 aliphatic carbocycles. The summed E-state index contributed by atoms with van der Waals surface area (Å²) in [5, 5.41) is 2.56. The molecule has 0 spiro atoms. The van der Waals surface area contributed by atoms with E-state index >= 15 is 0 Å². The molecule has 0 radical (unpaired) electrons. The molecule has 1 N–H and O–H groups in total. The van der Waals surface area contributed by atoms with Crippen molar-refractivity contribution in [3.63, 3.8) is 0 Å². The number of nitrogens with zero attached hydrogens (tertiary/aromatic N) is 2. The SMILES string of the molecule is CNC(=O)COCC1CN(C(=O)CC2CCCC2)CC1c1ccccn1. The number of nitrogens with one attached hydrogen (secondary N) is 1. The molecule has 3 rings (SSSR count). The van der Waals surface area contributed by atoms with Gasteiger partial charge in [0.15, 0.2) is 0 Å². The van der Waals surface area contributed by atoms with E-state index in [0.29, 0.717) is 32.0 Å². The zero-order valence-corrected chi connectivity index (χ0v) is 15.5. The molecule has 1 aromatic heterocycles. The van der Waals surface area contributed by atoms with Gasteiger partial charge in [0, 0.05) is 50.3 Å². The minimum atomic E-state index is -0.133. The molecule has 1 saturated carbocycles. The molecule has 6 nitrogen and oxygen atoms in total. The number of rotatable bonds is 7. The van der Waals surface area contributed by atoms with E-state index in [1.165, 1.54) is 25.7 Å². The van der Waals surface area contributed by atoms with Gasteiger partial charge in [-0.05, 0) is 30.9 Å². The van der Waals surface area contributed by atoms with Crippen LogP contribution in [0, 0.1) is 11.8 Å². The maximum atomic E-state index is 12.8. The lowest BCUT2D eigenvalue weighted by molar-refractivity contribution is -0.131. The van der Waals surface area contributed by atoms with E-state index in [-0.39, 0.29) is 30.3 Å². The third-order valence-electron chi connectivity index (χ3n) is 5.64. The zero-order chi connectivity index (χ0) is 18.4. The number of hydrogen-bond acceptors (Lipinski definition) is 4. The van der Waals surface area contributed by atoms with Crippen molar-refractivity contribution in [2.75, 3.05) is 33.4 Å². The van der Waals surface area contributed by atoms with E-state index in [4.69, 9.17) is 4.74 Å². The molecule has 1 aliphatic heterocycles. The van der Waals surface area contributed by atoms with Gasteiger partial charge in [-0.25, -0.2) is 0 Å². The summed E-state index contributed by atoms with van der Waals surface area (Å²) in [4.78, 5) is 30.6. The molecule has 26 heavy (non-hydrogen) atoms. The summed E-state index contributed by atoms with van der Waals surface area (Å²) in [5.74, 6) is 1.01. The molecular weight excluding hydrogens is 330 g/mol. The Morgan fingerprint density at radius 1 is 1.27 bits per heavy atom. The van der Waals surface area contributed by atoms with Crippen LogP contribution in [0.2, 0.25) is 0 Å². The minimum absolute atomic E-state index is 0.0535. The predicted octanol–water partition coefficient (Wildman–Crippen LogP) is 1.97. The van der Waals surface area contributed by atoms with Crippen molar-refractivity contribution in [3.05, 3.63) is 30.1 Å². The highest BCUT2D eigenvalue weighted by atomic mass is 16.5. The van der Waals surface area contributed by atoms with Gasteiger partial charge in [0.2, 0.25) is 11.8 Å². The number of carbonyl (C=O) groups is 2. The van der Waals surface area contributed by atoms with Crippen LogP contribution >= 0.6 is 0 Å². The van der Waals surface area contributed by atoms with Crippen molar-refractivity contribution in [1.29, 1.82) is 0 Å². The van der Waals surface area contributed by atoms with Crippen LogP contribution < -0.4 is 5.32 Å². The quantitative estimate of drug-likeness (QED) is 0.808. The summed E-state index contributed by atoms with van der Waals surface area (Å²) in [7, 11) is 1.60. The van der Waals surface area contributed by atoms with Crippen LogP contribution in [0.15, 0.2) is 24.4 Å². The largest absolute Gasteiger partial charge is 0.371 e. The highest BCUT2D eigenvalue weighted by Gasteiger charge is 2.37. The molecule has 2 atom stereocenters. The summed E-state index contributed by atoms with van der Waals surface area (Å²) in [6, 6.07) is 5.90. The zero-order valence-electron chi connectivity index (χ0n) is 15.5. The molecule has 1 saturated heterocycles. The van der Waals surface area contributed by atoms with E-state index in [0.717, 1.165) is 5.69 Å². The first-order valence-corrected chi connectivity index (χ1v) is 9.64. The second kappa shape index (κ2) is 9.12. The maximum absolute atomic E-state index is 12.8. The lowest BCUT2D eigenvalue weighted by Gasteiger charge is -2.18. The van der Waals surface area contributed by atoms with Gasteiger partial charge in [-0.1, -0.05) is 18.9 Å². The summed E-state index contributed by atoms with van der Waals surface area (Å²) < 4.78 is 5.61. The maximum Gasteiger partial charge on any atom is 0.245 e. The van der Waals surface area contributed by atoms with Gasteiger partial charge in [-0.3, -0.25) is 14.6 Å². The van der Waals surface area contributed by atoms with Gasteiger partial charge in [-0.15, -0.1) is 0 Å². The Morgan fingerprint density at radius 2 is 2.08 bits per heavy atom. The fraction of sp³-hybridized carbons (Fsp3) is 0.650. The Kier molecular flexibility index (Phi) is 6.61. The van der Waals surface area contributed by atoms with E-state index in [1.807, 2.05) is 23.1 Å². The van der Waals surface area contributed by atoms with Crippen molar-refractivity contribution in [1.82, 2.24) is 15.2 Å². The highest BCUT2D eigenvalue weighted by Crippen LogP contribution is 2.34. The number of ether oxygens (including phenoxy) is 1. The van der Waals surface area contributed by atoms with Gasteiger partial charge in [0.05, 0.1) is 6.61 Å². The number of aromatic nitrogens is 1. The average molecular weight is 359 g/mol. The predicted molar refractivity (Wildman–Crippen MR) is 98.5 cm³/mol. The van der Waals surface area contributed by atoms with Gasteiger partial charge in [0.25, 0.3) is 0 Å². The van der Waals surface area contributed by atoms with Crippen molar-refractivity contribution in [2.24, 2.45) is 11.8 Å². The molecule has 0 aromatic carbocycles. The number of likely N-dealkylation sites (N-methyl/N-ethyl adjacent to an activating group) is 1. The first kappa shape index (κ1) is 18.8. The highest BCUT2D eigenvalue weighted by molar-refractivity contribution is 5.77. The van der Waals surface area contributed by atoms with Gasteiger partial charge < -0.3 is 15.0 Å². The smallest absolute Gasteiger partial charge is 0.245 e. The van der Waals surface area contributed by atoms with Crippen LogP contribution in [0.5, 0.6) is 0 Å². The van der Waals surface area contributed by atoms with Crippen LogP contribution in [0.25, 0.3) is 0 Å². The standard InChI is InChI=1S/C20H29N3O3/c1-21-19(24)14-26-13-16-11-23(20(25)10-15-6-2-3-7-15)12-17(16)18-8-4-5-9-22-18/h4-5,8-9,15-17H,2-3,6-7,10-14H2,1H3,(H,21,24). The van der Waals surface area contributed by atoms with Crippen LogP contribution in [0.4, 0.5) is 0 Å². The first-order valence-electron chi connectivity index (χ1n) is 9.64. The van der Waals surface area contributed by atoms with Crippen molar-refractivity contribution >= 4 is 11.8 Å². The Morgan fingerprint density at radius 3 is 2.77 bits per heavy atom. The van der Waals surface area contributed by atoms with Gasteiger partial charge in [-0.2, -0.15) is 0 Å². The van der Waals surface area contributed by atoms with Crippen LogP contribution in [0.1, 0.15) is 43.7 Å². The molecule has 6 heteroatoms. The third kappa shape index (κ3) is 4.81. The molecule has 2 amide bonds. The molecule has 2 aliphatic rings. The third-order valence-corrected chi connectivity index (χ3v) is 5.64. The van der Waals surface area contributed by atoms with E-state index < -0.39 is 0 Å². The summed E-state index contributed by atoms with van der Waals surface area (Å²) >= 11 is 0. The summed E-state index contributed by atoms with van der Waals surface area (Å²) in [6.45, 7) is 1.89. The van der Waals surface area contributed by atoms with E-state index in [2.05, 4.69) is 10.3 Å². The molecule has 0 bridgehead atoms.